The summed E-state index contributed by atoms with van der Waals surface area (Å²) in [6.45, 7) is 0.479. The number of hydrogen-bond donors (Lipinski definition) is 2. The predicted molar refractivity (Wildman–Crippen MR) is 103 cm³/mol. The first-order chi connectivity index (χ1) is 12.6. The van der Waals surface area contributed by atoms with Crippen LogP contribution in [0.1, 0.15) is 16.9 Å². The molecule has 4 rings (SSSR count). The summed E-state index contributed by atoms with van der Waals surface area (Å²) in [5, 5.41) is 7.41. The van der Waals surface area contributed by atoms with Crippen molar-refractivity contribution in [2.75, 3.05) is 10.6 Å². The molecular formula is C19H15ClFN3OS. The Kier molecular flexibility index (Phi) is 4.61. The fraction of sp³-hybridized carbons (Fsp3) is 0.158. The van der Waals surface area contributed by atoms with Crippen molar-refractivity contribution in [1.29, 1.82) is 0 Å². The summed E-state index contributed by atoms with van der Waals surface area (Å²) in [6, 6.07) is 10.7. The van der Waals surface area contributed by atoms with Crippen LogP contribution in [0.4, 0.5) is 15.8 Å². The standard InChI is InChI=1S/C19H15ClFN3OS/c20-13-4-1-11(2-5-13)19-23-10-14(26-19)9-22-17-7-12-3-6-18(25)24-16(12)8-15(17)21/h1-2,4-5,7-8,10,22H,3,6,9H2,(H,24,25). The molecular weight excluding hydrogens is 373 g/mol. The Labute approximate surface area is 159 Å². The molecule has 0 saturated heterocycles. The quantitative estimate of drug-likeness (QED) is 0.654. The van der Waals surface area contributed by atoms with Crippen molar-refractivity contribution >= 4 is 40.2 Å². The van der Waals surface area contributed by atoms with Gasteiger partial charge >= 0.3 is 0 Å². The van der Waals surface area contributed by atoms with Gasteiger partial charge in [-0.2, -0.15) is 0 Å². The lowest BCUT2D eigenvalue weighted by Crippen LogP contribution is -2.19. The maximum absolute atomic E-state index is 14.3. The number of thiazole rings is 1. The molecule has 1 amide bonds. The van der Waals surface area contributed by atoms with Gasteiger partial charge in [0.1, 0.15) is 10.8 Å². The maximum atomic E-state index is 14.3. The van der Waals surface area contributed by atoms with Gasteiger partial charge in [-0.3, -0.25) is 4.79 Å². The number of carbonyl (C=O) groups is 1. The van der Waals surface area contributed by atoms with E-state index in [-0.39, 0.29) is 11.7 Å². The molecule has 0 bridgehead atoms. The number of fused-ring (bicyclic) bond motifs is 1. The Bertz CT molecular complexity index is 971. The molecule has 2 N–H and O–H groups in total. The zero-order chi connectivity index (χ0) is 18.1. The van der Waals surface area contributed by atoms with Crippen LogP contribution in [0.25, 0.3) is 10.6 Å². The molecule has 0 spiro atoms. The Hall–Kier alpha value is -2.44. The zero-order valence-corrected chi connectivity index (χ0v) is 15.3. The monoisotopic (exact) mass is 387 g/mol. The number of hydrogen-bond acceptors (Lipinski definition) is 4. The van der Waals surface area contributed by atoms with Crippen molar-refractivity contribution in [3.63, 3.8) is 0 Å². The summed E-state index contributed by atoms with van der Waals surface area (Å²) in [5.74, 6) is -0.453. The highest BCUT2D eigenvalue weighted by Crippen LogP contribution is 2.30. The van der Waals surface area contributed by atoms with E-state index < -0.39 is 0 Å². The van der Waals surface area contributed by atoms with Crippen LogP contribution < -0.4 is 10.6 Å². The molecule has 0 radical (unpaired) electrons. The maximum Gasteiger partial charge on any atom is 0.224 e. The fourth-order valence-electron chi connectivity index (χ4n) is 2.84. The first-order valence-corrected chi connectivity index (χ1v) is 9.35. The normalized spacial score (nSPS) is 13.2. The SMILES string of the molecule is O=C1CCc2cc(NCc3cnc(-c4ccc(Cl)cc4)s3)c(F)cc2N1. The number of nitrogens with one attached hydrogen (secondary N) is 2. The molecule has 2 heterocycles. The van der Waals surface area contributed by atoms with Gasteiger partial charge in [0.05, 0.1) is 12.2 Å². The van der Waals surface area contributed by atoms with E-state index in [4.69, 9.17) is 11.6 Å². The van der Waals surface area contributed by atoms with Crippen LogP contribution in [0.2, 0.25) is 5.02 Å². The smallest absolute Gasteiger partial charge is 0.224 e. The summed E-state index contributed by atoms with van der Waals surface area (Å²) >= 11 is 7.46. The van der Waals surface area contributed by atoms with Gasteiger partial charge < -0.3 is 10.6 Å². The summed E-state index contributed by atoms with van der Waals surface area (Å²) in [7, 11) is 0. The first kappa shape index (κ1) is 17.0. The van der Waals surface area contributed by atoms with Gasteiger partial charge in [-0.15, -0.1) is 11.3 Å². The number of nitrogens with zero attached hydrogens (tertiary/aromatic N) is 1. The second kappa shape index (κ2) is 7.05. The Morgan fingerprint density at radius 1 is 1.23 bits per heavy atom. The average molecular weight is 388 g/mol. The van der Waals surface area contributed by atoms with E-state index in [1.807, 2.05) is 24.3 Å². The molecule has 0 aliphatic carbocycles. The second-order valence-corrected chi connectivity index (χ2v) is 7.58. The Balaban J connectivity index is 1.48. The van der Waals surface area contributed by atoms with E-state index in [0.29, 0.717) is 35.8 Å². The Morgan fingerprint density at radius 2 is 2.04 bits per heavy atom. The number of benzene rings is 2. The molecule has 0 fully saturated rings. The number of rotatable bonds is 4. The Morgan fingerprint density at radius 3 is 2.85 bits per heavy atom. The molecule has 0 atom stereocenters. The lowest BCUT2D eigenvalue weighted by Gasteiger charge is -2.18. The van der Waals surface area contributed by atoms with Crippen molar-refractivity contribution in [3.05, 3.63) is 63.9 Å². The highest BCUT2D eigenvalue weighted by atomic mass is 35.5. The molecule has 0 unspecified atom stereocenters. The number of anilines is 2. The van der Waals surface area contributed by atoms with E-state index in [1.54, 1.807) is 23.6 Å². The molecule has 1 aromatic heterocycles. The summed E-state index contributed by atoms with van der Waals surface area (Å²) in [6.07, 6.45) is 2.84. The molecule has 132 valence electrons. The van der Waals surface area contributed by atoms with E-state index >= 15 is 0 Å². The molecule has 0 saturated carbocycles. The topological polar surface area (TPSA) is 54.0 Å². The minimum Gasteiger partial charge on any atom is -0.378 e. The van der Waals surface area contributed by atoms with Crippen molar-refractivity contribution in [1.82, 2.24) is 4.98 Å². The van der Waals surface area contributed by atoms with Crippen molar-refractivity contribution < 1.29 is 9.18 Å². The minimum absolute atomic E-state index is 0.0722. The van der Waals surface area contributed by atoms with Gasteiger partial charge in [-0.25, -0.2) is 9.37 Å². The van der Waals surface area contributed by atoms with E-state index in [1.165, 1.54) is 6.07 Å². The number of amides is 1. The van der Waals surface area contributed by atoms with Crippen molar-refractivity contribution in [2.24, 2.45) is 0 Å². The lowest BCUT2D eigenvalue weighted by atomic mass is 10.0. The third-order valence-electron chi connectivity index (χ3n) is 4.19. The molecule has 4 nitrogen and oxygen atoms in total. The van der Waals surface area contributed by atoms with E-state index in [9.17, 15) is 9.18 Å². The third kappa shape index (κ3) is 3.57. The van der Waals surface area contributed by atoms with Crippen molar-refractivity contribution in [2.45, 2.75) is 19.4 Å². The number of aromatic nitrogens is 1. The summed E-state index contributed by atoms with van der Waals surface area (Å²) in [4.78, 5) is 16.8. The molecule has 1 aliphatic rings. The first-order valence-electron chi connectivity index (χ1n) is 8.15. The number of aryl methyl sites for hydroxylation is 1. The van der Waals surface area contributed by atoms with E-state index in [2.05, 4.69) is 15.6 Å². The van der Waals surface area contributed by atoms with Crippen LogP contribution in [-0.4, -0.2) is 10.9 Å². The minimum atomic E-state index is -0.381. The molecule has 2 aromatic carbocycles. The summed E-state index contributed by atoms with van der Waals surface area (Å²) in [5.41, 5.74) is 2.94. The lowest BCUT2D eigenvalue weighted by molar-refractivity contribution is -0.116. The third-order valence-corrected chi connectivity index (χ3v) is 5.48. The average Bonchev–Trinajstić information content (AvgIpc) is 3.09. The second-order valence-electron chi connectivity index (χ2n) is 6.03. The van der Waals surface area contributed by atoms with Gasteiger partial charge in [0.2, 0.25) is 5.91 Å². The van der Waals surface area contributed by atoms with Gasteiger partial charge in [0, 0.05) is 33.8 Å². The van der Waals surface area contributed by atoms with Gasteiger partial charge in [0.25, 0.3) is 0 Å². The van der Waals surface area contributed by atoms with Crippen LogP contribution in [0.15, 0.2) is 42.6 Å². The van der Waals surface area contributed by atoms with Crippen molar-refractivity contribution in [3.8, 4) is 10.6 Å². The number of halogens is 2. The summed E-state index contributed by atoms with van der Waals surface area (Å²) < 4.78 is 14.3. The predicted octanol–water partition coefficient (Wildman–Crippen LogP) is 5.10. The van der Waals surface area contributed by atoms with Gasteiger partial charge in [-0.1, -0.05) is 23.7 Å². The van der Waals surface area contributed by atoms with Crippen LogP contribution in [0.3, 0.4) is 0 Å². The highest BCUT2D eigenvalue weighted by Gasteiger charge is 2.17. The van der Waals surface area contributed by atoms with Gasteiger partial charge in [0.15, 0.2) is 0 Å². The van der Waals surface area contributed by atoms with E-state index in [0.717, 1.165) is 21.0 Å². The molecule has 7 heteroatoms. The molecule has 3 aromatic rings. The van der Waals surface area contributed by atoms with Crippen LogP contribution in [0.5, 0.6) is 0 Å². The van der Waals surface area contributed by atoms with Gasteiger partial charge in [-0.05, 0) is 36.2 Å². The van der Waals surface area contributed by atoms with Crippen LogP contribution >= 0.6 is 22.9 Å². The molecule has 26 heavy (non-hydrogen) atoms. The molecule has 1 aliphatic heterocycles. The van der Waals surface area contributed by atoms with Crippen LogP contribution in [0, 0.1) is 5.82 Å². The number of carbonyl (C=O) groups excluding carboxylic acids is 1. The highest BCUT2D eigenvalue weighted by molar-refractivity contribution is 7.15. The fourth-order valence-corrected chi connectivity index (χ4v) is 3.82. The largest absolute Gasteiger partial charge is 0.378 e. The van der Waals surface area contributed by atoms with Crippen LogP contribution in [-0.2, 0) is 17.8 Å². The zero-order valence-electron chi connectivity index (χ0n) is 13.7.